The van der Waals surface area contributed by atoms with Crippen LogP contribution in [0.4, 0.5) is 5.69 Å². The van der Waals surface area contributed by atoms with Crippen LogP contribution in [0.3, 0.4) is 0 Å². The molecule has 0 atom stereocenters. The minimum atomic E-state index is 0.193. The predicted molar refractivity (Wildman–Crippen MR) is 76.3 cm³/mol. The van der Waals surface area contributed by atoms with Crippen LogP contribution in [-0.4, -0.2) is 16.5 Å². The number of anilines is 1. The van der Waals surface area contributed by atoms with Gasteiger partial charge in [-0.25, -0.2) is 5.06 Å². The summed E-state index contributed by atoms with van der Waals surface area (Å²) in [5.41, 5.74) is 2.18. The van der Waals surface area contributed by atoms with Crippen molar-refractivity contribution < 1.29 is 10.0 Å². The van der Waals surface area contributed by atoms with Crippen molar-refractivity contribution in [1.29, 1.82) is 0 Å². The molecule has 0 aliphatic heterocycles. The van der Waals surface area contributed by atoms with E-state index in [1.165, 1.54) is 11.3 Å². The SMILES string of the molecule is Cc1ccc(N(O)C(=S)c2ccsc2[C]=O)cc1. The maximum Gasteiger partial charge on any atom is 0.245 e. The number of hydrogen-bond acceptors (Lipinski definition) is 4. The normalized spacial score (nSPS) is 10.1. The van der Waals surface area contributed by atoms with E-state index in [-0.39, 0.29) is 4.99 Å². The number of thiophene rings is 1. The van der Waals surface area contributed by atoms with E-state index in [2.05, 4.69) is 0 Å². The molecule has 0 saturated carbocycles. The number of carbonyl (C=O) groups excluding carboxylic acids is 1. The van der Waals surface area contributed by atoms with E-state index in [9.17, 15) is 10.0 Å². The molecule has 1 aromatic carbocycles. The lowest BCUT2D eigenvalue weighted by atomic mass is 10.2. The molecule has 0 fully saturated rings. The molecule has 1 aromatic heterocycles. The third-order valence-electron chi connectivity index (χ3n) is 2.46. The summed E-state index contributed by atoms with van der Waals surface area (Å²) in [5, 5.41) is 12.7. The molecule has 0 unspecified atom stereocenters. The summed E-state index contributed by atoms with van der Waals surface area (Å²) in [6.07, 6.45) is 1.82. The number of benzene rings is 1. The van der Waals surface area contributed by atoms with Crippen molar-refractivity contribution >= 4 is 40.5 Å². The van der Waals surface area contributed by atoms with Crippen molar-refractivity contribution in [2.75, 3.05) is 5.06 Å². The third kappa shape index (κ3) is 2.48. The van der Waals surface area contributed by atoms with Gasteiger partial charge in [0.05, 0.1) is 10.6 Å². The van der Waals surface area contributed by atoms with Gasteiger partial charge >= 0.3 is 0 Å². The maximum absolute atomic E-state index is 10.7. The fraction of sp³-hybridized carbons (Fsp3) is 0.0769. The van der Waals surface area contributed by atoms with E-state index in [0.29, 0.717) is 16.1 Å². The molecule has 0 aliphatic carbocycles. The average molecular weight is 276 g/mol. The van der Waals surface area contributed by atoms with Crippen molar-refractivity contribution in [1.82, 2.24) is 0 Å². The van der Waals surface area contributed by atoms with E-state index >= 15 is 0 Å². The minimum absolute atomic E-state index is 0.193. The van der Waals surface area contributed by atoms with Gasteiger partial charge in [-0.15, -0.1) is 11.3 Å². The highest BCUT2D eigenvalue weighted by molar-refractivity contribution is 7.81. The Balaban J connectivity index is 2.29. The summed E-state index contributed by atoms with van der Waals surface area (Å²) >= 11 is 6.41. The van der Waals surface area contributed by atoms with Gasteiger partial charge in [0, 0.05) is 5.56 Å². The molecule has 5 heteroatoms. The number of hydrogen-bond donors (Lipinski definition) is 1. The van der Waals surface area contributed by atoms with Crippen LogP contribution in [0.2, 0.25) is 0 Å². The van der Waals surface area contributed by atoms with E-state index in [1.54, 1.807) is 23.6 Å². The van der Waals surface area contributed by atoms with Gasteiger partial charge in [-0.2, -0.15) is 0 Å². The molecule has 0 spiro atoms. The van der Waals surface area contributed by atoms with E-state index in [0.717, 1.165) is 10.6 Å². The molecule has 2 rings (SSSR count). The first-order valence-electron chi connectivity index (χ1n) is 5.19. The largest absolute Gasteiger partial charge is 0.284 e. The summed E-state index contributed by atoms with van der Waals surface area (Å²) in [6, 6.07) is 8.98. The van der Waals surface area contributed by atoms with Crippen LogP contribution in [0.1, 0.15) is 16.0 Å². The summed E-state index contributed by atoms with van der Waals surface area (Å²) in [6.45, 7) is 1.96. The minimum Gasteiger partial charge on any atom is -0.284 e. The van der Waals surface area contributed by atoms with Crippen molar-refractivity contribution in [2.24, 2.45) is 0 Å². The molecule has 18 heavy (non-hydrogen) atoms. The molecule has 3 nitrogen and oxygen atoms in total. The lowest BCUT2D eigenvalue weighted by molar-refractivity contribution is 0.315. The van der Waals surface area contributed by atoms with E-state index in [1.807, 2.05) is 25.3 Å². The summed E-state index contributed by atoms with van der Waals surface area (Å²) in [5.74, 6) is 0. The molecule has 0 aliphatic rings. The molecular weight excluding hydrogens is 266 g/mol. The smallest absolute Gasteiger partial charge is 0.245 e. The van der Waals surface area contributed by atoms with Gasteiger partial charge in [-0.3, -0.25) is 10.0 Å². The average Bonchev–Trinajstić information content (AvgIpc) is 2.86. The standard InChI is InChI=1S/C13H10NO2S2/c1-9-2-4-10(5-3-9)14(16)13(17)11-6-7-18-12(11)8-15/h2-7,16H,1H3. The van der Waals surface area contributed by atoms with Crippen molar-refractivity contribution in [3.05, 3.63) is 51.7 Å². The molecule has 0 saturated heterocycles. The third-order valence-corrected chi connectivity index (χ3v) is 3.66. The summed E-state index contributed by atoms with van der Waals surface area (Å²) < 4.78 is 0. The fourth-order valence-electron chi connectivity index (χ4n) is 1.47. The summed E-state index contributed by atoms with van der Waals surface area (Å²) in [7, 11) is 0. The van der Waals surface area contributed by atoms with Crippen molar-refractivity contribution in [3.63, 3.8) is 0 Å². The highest BCUT2D eigenvalue weighted by Gasteiger charge is 2.16. The van der Waals surface area contributed by atoms with Gasteiger partial charge in [-0.05, 0) is 30.5 Å². The van der Waals surface area contributed by atoms with Gasteiger partial charge in [0.15, 0.2) is 0 Å². The monoisotopic (exact) mass is 276 g/mol. The lowest BCUT2D eigenvalue weighted by Gasteiger charge is -2.17. The van der Waals surface area contributed by atoms with Crippen LogP contribution in [0.5, 0.6) is 0 Å². The first kappa shape index (κ1) is 12.9. The van der Waals surface area contributed by atoms with Crippen LogP contribution in [-0.2, 0) is 4.79 Å². The number of aryl methyl sites for hydroxylation is 1. The highest BCUT2D eigenvalue weighted by atomic mass is 32.1. The molecule has 1 heterocycles. The van der Waals surface area contributed by atoms with Crippen LogP contribution in [0.25, 0.3) is 0 Å². The topological polar surface area (TPSA) is 40.5 Å². The van der Waals surface area contributed by atoms with Gasteiger partial charge in [0.1, 0.15) is 4.99 Å². The van der Waals surface area contributed by atoms with Crippen LogP contribution in [0.15, 0.2) is 35.7 Å². The van der Waals surface area contributed by atoms with Crippen LogP contribution in [0, 0.1) is 6.92 Å². The first-order valence-corrected chi connectivity index (χ1v) is 6.48. The van der Waals surface area contributed by atoms with Gasteiger partial charge in [-0.1, -0.05) is 29.9 Å². The lowest BCUT2D eigenvalue weighted by Crippen LogP contribution is -2.26. The Morgan fingerprint density at radius 1 is 1.33 bits per heavy atom. The summed E-state index contributed by atoms with van der Waals surface area (Å²) in [4.78, 5) is 11.3. The number of thiocarbonyl (C=S) groups is 1. The Hall–Kier alpha value is -1.56. The zero-order valence-electron chi connectivity index (χ0n) is 9.58. The molecule has 1 N–H and O–H groups in total. The van der Waals surface area contributed by atoms with Crippen molar-refractivity contribution in [3.8, 4) is 0 Å². The first-order chi connectivity index (χ1) is 8.63. The highest BCUT2D eigenvalue weighted by Crippen LogP contribution is 2.21. The molecular formula is C13H10NO2S2. The number of nitrogens with zero attached hydrogens (tertiary/aromatic N) is 1. The zero-order chi connectivity index (χ0) is 13.1. The Morgan fingerprint density at radius 3 is 2.61 bits per heavy atom. The van der Waals surface area contributed by atoms with Crippen molar-refractivity contribution in [2.45, 2.75) is 6.92 Å². The molecule has 2 aromatic rings. The van der Waals surface area contributed by atoms with E-state index < -0.39 is 0 Å². The van der Waals surface area contributed by atoms with Gasteiger partial charge < -0.3 is 0 Å². The second-order valence-corrected chi connectivity index (χ2v) is 5.02. The maximum atomic E-state index is 10.7. The Kier molecular flexibility index (Phi) is 3.86. The van der Waals surface area contributed by atoms with Crippen LogP contribution < -0.4 is 5.06 Å². The Labute approximate surface area is 114 Å². The Morgan fingerprint density at radius 2 is 2.00 bits per heavy atom. The zero-order valence-corrected chi connectivity index (χ0v) is 11.2. The Bertz CT molecular complexity index is 575. The molecule has 91 valence electrons. The number of rotatable bonds is 3. The van der Waals surface area contributed by atoms with Gasteiger partial charge in [0.25, 0.3) is 0 Å². The second kappa shape index (κ2) is 5.39. The van der Waals surface area contributed by atoms with Crippen LogP contribution >= 0.6 is 23.6 Å². The predicted octanol–water partition coefficient (Wildman–Crippen LogP) is 3.09. The molecule has 0 amide bonds. The fourth-order valence-corrected chi connectivity index (χ4v) is 2.49. The van der Waals surface area contributed by atoms with E-state index in [4.69, 9.17) is 12.2 Å². The molecule has 0 bridgehead atoms. The van der Waals surface area contributed by atoms with Gasteiger partial charge in [0.2, 0.25) is 6.29 Å². The second-order valence-electron chi connectivity index (χ2n) is 3.72. The quantitative estimate of drug-likeness (QED) is 0.691. The molecule has 1 radical (unpaired) electrons. The number of hydroxylamine groups is 1.